The summed E-state index contributed by atoms with van der Waals surface area (Å²) >= 11 is 0. The van der Waals surface area contributed by atoms with Gasteiger partial charge in [0.15, 0.2) is 0 Å². The van der Waals surface area contributed by atoms with E-state index in [4.69, 9.17) is 10.00 Å². The fourth-order valence-corrected chi connectivity index (χ4v) is 0.846. The molecule has 1 aliphatic heterocycles. The SMILES string of the molecule is C[N+]1(C#N)CCOCC1. The Labute approximate surface area is 55.0 Å². The molecule has 1 aliphatic rings. The van der Waals surface area contributed by atoms with Crippen LogP contribution in [0.15, 0.2) is 0 Å². The maximum Gasteiger partial charge on any atom is 0.308 e. The topological polar surface area (TPSA) is 33.0 Å². The van der Waals surface area contributed by atoms with Crippen molar-refractivity contribution in [2.75, 3.05) is 33.4 Å². The lowest BCUT2D eigenvalue weighted by Crippen LogP contribution is -2.47. The van der Waals surface area contributed by atoms with Crippen molar-refractivity contribution >= 4 is 0 Å². The largest absolute Gasteiger partial charge is 0.370 e. The Balaban J connectivity index is 2.49. The summed E-state index contributed by atoms with van der Waals surface area (Å²) in [6.45, 7) is 3.11. The molecule has 0 amide bonds. The summed E-state index contributed by atoms with van der Waals surface area (Å²) in [5.74, 6) is 0. The zero-order chi connectivity index (χ0) is 6.74. The number of rotatable bonds is 0. The molecule has 0 radical (unpaired) electrons. The highest BCUT2D eigenvalue weighted by Gasteiger charge is 2.24. The lowest BCUT2D eigenvalue weighted by molar-refractivity contribution is -0.854. The van der Waals surface area contributed by atoms with E-state index in [2.05, 4.69) is 6.19 Å². The summed E-state index contributed by atoms with van der Waals surface area (Å²) in [5, 5.41) is 8.62. The number of ether oxygens (including phenoxy) is 1. The summed E-state index contributed by atoms with van der Waals surface area (Å²) < 4.78 is 5.60. The van der Waals surface area contributed by atoms with Gasteiger partial charge in [-0.15, -0.1) is 5.26 Å². The molecule has 50 valence electrons. The predicted octanol–water partition coefficient (Wildman–Crippen LogP) is -0.0557. The van der Waals surface area contributed by atoms with Gasteiger partial charge < -0.3 is 4.74 Å². The average Bonchev–Trinajstić information content (AvgIpc) is 1.90. The van der Waals surface area contributed by atoms with Crippen molar-refractivity contribution in [3.63, 3.8) is 0 Å². The molecule has 0 spiro atoms. The predicted molar refractivity (Wildman–Crippen MR) is 32.4 cm³/mol. The zero-order valence-corrected chi connectivity index (χ0v) is 5.63. The molecular formula is C6H11N2O+. The number of hydrogen-bond donors (Lipinski definition) is 0. The molecule has 0 bridgehead atoms. The third-order valence-corrected chi connectivity index (χ3v) is 1.70. The van der Waals surface area contributed by atoms with E-state index >= 15 is 0 Å². The van der Waals surface area contributed by atoms with Gasteiger partial charge in [-0.05, 0) is 0 Å². The van der Waals surface area contributed by atoms with Gasteiger partial charge >= 0.3 is 6.19 Å². The molecular weight excluding hydrogens is 116 g/mol. The Bertz CT molecular complexity index is 132. The van der Waals surface area contributed by atoms with E-state index in [-0.39, 0.29) is 0 Å². The molecule has 1 heterocycles. The van der Waals surface area contributed by atoms with Gasteiger partial charge in [0.25, 0.3) is 0 Å². The maximum absolute atomic E-state index is 8.62. The first-order valence-electron chi connectivity index (χ1n) is 3.10. The van der Waals surface area contributed by atoms with E-state index in [0.717, 1.165) is 26.3 Å². The molecule has 1 saturated heterocycles. The normalized spacial score (nSPS) is 24.9. The first-order valence-corrected chi connectivity index (χ1v) is 3.10. The van der Waals surface area contributed by atoms with E-state index in [1.165, 1.54) is 0 Å². The Hall–Kier alpha value is -0.590. The van der Waals surface area contributed by atoms with Crippen LogP contribution in [0.25, 0.3) is 0 Å². The third-order valence-electron chi connectivity index (χ3n) is 1.70. The molecule has 3 nitrogen and oxygen atoms in total. The highest BCUT2D eigenvalue weighted by Crippen LogP contribution is 2.03. The molecule has 0 aliphatic carbocycles. The fourth-order valence-electron chi connectivity index (χ4n) is 0.846. The van der Waals surface area contributed by atoms with Crippen molar-refractivity contribution in [2.45, 2.75) is 0 Å². The van der Waals surface area contributed by atoms with E-state index in [1.807, 2.05) is 7.05 Å². The van der Waals surface area contributed by atoms with Gasteiger partial charge in [0.05, 0.1) is 20.3 Å². The van der Waals surface area contributed by atoms with Crippen LogP contribution < -0.4 is 0 Å². The molecule has 0 N–H and O–H groups in total. The van der Waals surface area contributed by atoms with E-state index < -0.39 is 0 Å². The summed E-state index contributed by atoms with van der Waals surface area (Å²) in [5.41, 5.74) is 0. The number of likely N-dealkylation sites (N-methyl/N-ethyl adjacent to an activating group) is 1. The highest BCUT2D eigenvalue weighted by molar-refractivity contribution is 4.57. The van der Waals surface area contributed by atoms with Crippen molar-refractivity contribution in [3.8, 4) is 6.19 Å². The molecule has 9 heavy (non-hydrogen) atoms. The van der Waals surface area contributed by atoms with Crippen LogP contribution in [0, 0.1) is 11.5 Å². The summed E-state index contributed by atoms with van der Waals surface area (Å²) in [6, 6.07) is 0. The van der Waals surface area contributed by atoms with Gasteiger partial charge in [0.2, 0.25) is 0 Å². The Morgan fingerprint density at radius 2 is 2.00 bits per heavy atom. The molecule has 0 aromatic carbocycles. The van der Waals surface area contributed by atoms with Crippen LogP contribution in [-0.4, -0.2) is 37.8 Å². The molecule has 1 rings (SSSR count). The highest BCUT2D eigenvalue weighted by atomic mass is 16.5. The van der Waals surface area contributed by atoms with Crippen molar-refractivity contribution in [3.05, 3.63) is 0 Å². The Kier molecular flexibility index (Phi) is 1.70. The summed E-state index contributed by atoms with van der Waals surface area (Å²) in [7, 11) is 1.93. The lowest BCUT2D eigenvalue weighted by Gasteiger charge is -2.28. The Morgan fingerprint density at radius 3 is 2.33 bits per heavy atom. The van der Waals surface area contributed by atoms with Gasteiger partial charge in [-0.3, -0.25) is 0 Å². The molecule has 3 heteroatoms. The second kappa shape index (κ2) is 2.34. The monoisotopic (exact) mass is 127 g/mol. The minimum atomic E-state index is 0.500. The van der Waals surface area contributed by atoms with E-state index in [0.29, 0.717) is 4.48 Å². The number of quaternary nitrogens is 1. The molecule has 0 aromatic rings. The van der Waals surface area contributed by atoms with E-state index in [1.54, 1.807) is 0 Å². The summed E-state index contributed by atoms with van der Waals surface area (Å²) in [4.78, 5) is 0. The molecule has 1 fully saturated rings. The van der Waals surface area contributed by atoms with Crippen molar-refractivity contribution in [1.82, 2.24) is 0 Å². The second-order valence-electron chi connectivity index (χ2n) is 2.56. The fraction of sp³-hybridized carbons (Fsp3) is 0.833. The van der Waals surface area contributed by atoms with Crippen LogP contribution in [-0.2, 0) is 4.74 Å². The van der Waals surface area contributed by atoms with Gasteiger partial charge in [0, 0.05) is 0 Å². The van der Waals surface area contributed by atoms with Crippen LogP contribution in [0.4, 0.5) is 0 Å². The molecule has 0 aromatic heterocycles. The second-order valence-corrected chi connectivity index (χ2v) is 2.56. The summed E-state index contributed by atoms with van der Waals surface area (Å²) in [6.07, 6.45) is 2.24. The minimum Gasteiger partial charge on any atom is -0.370 e. The van der Waals surface area contributed by atoms with Gasteiger partial charge in [-0.25, -0.2) is 4.48 Å². The van der Waals surface area contributed by atoms with Crippen molar-refractivity contribution < 1.29 is 9.22 Å². The first-order chi connectivity index (χ1) is 4.27. The average molecular weight is 127 g/mol. The third kappa shape index (κ3) is 1.41. The van der Waals surface area contributed by atoms with Gasteiger partial charge in [0.1, 0.15) is 13.1 Å². The number of morpholine rings is 1. The lowest BCUT2D eigenvalue weighted by atomic mass is 10.4. The minimum absolute atomic E-state index is 0.500. The molecule has 0 unspecified atom stereocenters. The van der Waals surface area contributed by atoms with Crippen molar-refractivity contribution in [1.29, 1.82) is 5.26 Å². The number of nitriles is 1. The zero-order valence-electron chi connectivity index (χ0n) is 5.63. The van der Waals surface area contributed by atoms with E-state index in [9.17, 15) is 0 Å². The standard InChI is InChI=1S/C6H11N2O/c1-8(6-7)2-4-9-5-3-8/h2-5H2,1H3/q+1. The molecule has 0 atom stereocenters. The van der Waals surface area contributed by atoms with Crippen LogP contribution in [0.1, 0.15) is 0 Å². The maximum atomic E-state index is 8.62. The van der Waals surface area contributed by atoms with Gasteiger partial charge in [-0.1, -0.05) is 0 Å². The van der Waals surface area contributed by atoms with Crippen LogP contribution >= 0.6 is 0 Å². The number of nitrogens with zero attached hydrogens (tertiary/aromatic N) is 2. The van der Waals surface area contributed by atoms with Crippen molar-refractivity contribution in [2.24, 2.45) is 0 Å². The molecule has 0 saturated carbocycles. The van der Waals surface area contributed by atoms with Crippen LogP contribution in [0.5, 0.6) is 0 Å². The van der Waals surface area contributed by atoms with Crippen LogP contribution in [0.2, 0.25) is 0 Å². The number of hydrogen-bond acceptors (Lipinski definition) is 2. The smallest absolute Gasteiger partial charge is 0.308 e. The quantitative estimate of drug-likeness (QED) is 0.337. The Morgan fingerprint density at radius 1 is 1.44 bits per heavy atom. The first kappa shape index (κ1) is 6.53. The van der Waals surface area contributed by atoms with Crippen LogP contribution in [0.3, 0.4) is 0 Å². The van der Waals surface area contributed by atoms with Gasteiger partial charge in [-0.2, -0.15) is 0 Å².